The molecule has 2 aromatic heterocycles. The second kappa shape index (κ2) is 9.50. The number of aromatic nitrogens is 1. The van der Waals surface area contributed by atoms with Gasteiger partial charge in [0.15, 0.2) is 0 Å². The lowest BCUT2D eigenvalue weighted by atomic mass is 10.1. The summed E-state index contributed by atoms with van der Waals surface area (Å²) in [5.41, 5.74) is 0.322. The van der Waals surface area contributed by atoms with E-state index in [-0.39, 0.29) is 10.9 Å². The smallest absolute Gasteiger partial charge is 0.341 e. The second-order valence-electron chi connectivity index (χ2n) is 7.70. The van der Waals surface area contributed by atoms with Crippen LogP contribution in [0.3, 0.4) is 0 Å². The van der Waals surface area contributed by atoms with Crippen LogP contribution in [-0.4, -0.2) is 64.2 Å². The molecule has 3 aromatic rings. The number of carbonyl (C=O) groups is 1. The topological polar surface area (TPSA) is 98.4 Å². The van der Waals surface area contributed by atoms with Crippen molar-refractivity contribution < 1.29 is 19.5 Å². The van der Waals surface area contributed by atoms with Crippen molar-refractivity contribution in [2.45, 2.75) is 13.5 Å². The van der Waals surface area contributed by atoms with Gasteiger partial charge in [0.05, 0.1) is 20.4 Å². The van der Waals surface area contributed by atoms with E-state index >= 15 is 4.39 Å². The van der Waals surface area contributed by atoms with Gasteiger partial charge in [0.2, 0.25) is 5.43 Å². The van der Waals surface area contributed by atoms with Crippen molar-refractivity contribution in [1.29, 1.82) is 0 Å². The molecule has 1 aliphatic rings. The Morgan fingerprint density at radius 2 is 1.97 bits per heavy atom. The molecule has 0 aliphatic carbocycles. The summed E-state index contributed by atoms with van der Waals surface area (Å²) in [5, 5.41) is 22.2. The van der Waals surface area contributed by atoms with Gasteiger partial charge in [-0.1, -0.05) is 16.8 Å². The molecule has 174 valence electrons. The predicted octanol–water partition coefficient (Wildman–Crippen LogP) is 3.57. The third-order valence-electron chi connectivity index (χ3n) is 5.78. The Balaban J connectivity index is 1.56. The SMILES string of the molecule is CCn1cc(C(=O)O)c(=O)c2cc(F)c(N3CCN(C/C(=N/O)c4ccc(Cl)s4)CC3)cc21. The van der Waals surface area contributed by atoms with Gasteiger partial charge in [-0.05, 0) is 31.2 Å². The number of oxime groups is 1. The summed E-state index contributed by atoms with van der Waals surface area (Å²) in [4.78, 5) is 28.8. The van der Waals surface area contributed by atoms with E-state index < -0.39 is 17.2 Å². The number of rotatable bonds is 6. The molecule has 33 heavy (non-hydrogen) atoms. The van der Waals surface area contributed by atoms with Gasteiger partial charge in [-0.2, -0.15) is 0 Å². The van der Waals surface area contributed by atoms with Crippen molar-refractivity contribution in [2.24, 2.45) is 5.16 Å². The Bertz CT molecular complexity index is 1300. The van der Waals surface area contributed by atoms with Crippen LogP contribution in [0.4, 0.5) is 10.1 Å². The Hall–Kier alpha value is -2.95. The molecule has 3 heterocycles. The number of piperazine rings is 1. The zero-order valence-electron chi connectivity index (χ0n) is 17.8. The molecule has 2 N–H and O–H groups in total. The number of pyridine rings is 1. The first kappa shape index (κ1) is 23.2. The lowest BCUT2D eigenvalue weighted by Gasteiger charge is -2.36. The van der Waals surface area contributed by atoms with Crippen LogP contribution in [0.2, 0.25) is 4.34 Å². The highest BCUT2D eigenvalue weighted by Gasteiger charge is 2.24. The van der Waals surface area contributed by atoms with Gasteiger partial charge in [0.25, 0.3) is 0 Å². The van der Waals surface area contributed by atoms with Gasteiger partial charge >= 0.3 is 5.97 Å². The Morgan fingerprint density at radius 3 is 2.55 bits per heavy atom. The second-order valence-corrected chi connectivity index (χ2v) is 9.41. The molecule has 0 saturated carbocycles. The molecular formula is C22H22ClFN4O4S. The van der Waals surface area contributed by atoms with Crippen molar-refractivity contribution >= 4 is 51.2 Å². The number of anilines is 1. The number of thiophene rings is 1. The van der Waals surface area contributed by atoms with Crippen LogP contribution < -0.4 is 10.3 Å². The molecule has 1 saturated heterocycles. The molecule has 0 amide bonds. The Labute approximate surface area is 197 Å². The van der Waals surface area contributed by atoms with E-state index in [1.54, 1.807) is 16.7 Å². The summed E-state index contributed by atoms with van der Waals surface area (Å²) in [5.74, 6) is -1.90. The van der Waals surface area contributed by atoms with Gasteiger partial charge in [0.1, 0.15) is 17.1 Å². The van der Waals surface area contributed by atoms with Crippen molar-refractivity contribution in [3.8, 4) is 0 Å². The zero-order chi connectivity index (χ0) is 23.7. The van der Waals surface area contributed by atoms with Crippen molar-refractivity contribution in [3.63, 3.8) is 0 Å². The van der Waals surface area contributed by atoms with Crippen LogP contribution in [0.25, 0.3) is 10.9 Å². The van der Waals surface area contributed by atoms with Crippen LogP contribution in [0.1, 0.15) is 22.2 Å². The van der Waals surface area contributed by atoms with Crippen LogP contribution >= 0.6 is 22.9 Å². The number of carboxylic acid groups (broad SMARTS) is 1. The van der Waals surface area contributed by atoms with Crippen molar-refractivity contribution in [1.82, 2.24) is 9.47 Å². The molecule has 0 atom stereocenters. The molecule has 4 rings (SSSR count). The molecule has 0 spiro atoms. The van der Waals surface area contributed by atoms with Gasteiger partial charge in [-0.25, -0.2) is 9.18 Å². The number of aromatic carboxylic acids is 1. The van der Waals surface area contributed by atoms with Gasteiger partial charge < -0.3 is 19.8 Å². The monoisotopic (exact) mass is 492 g/mol. The number of halogens is 2. The van der Waals surface area contributed by atoms with Crippen molar-refractivity contribution in [2.75, 3.05) is 37.6 Å². The molecule has 0 radical (unpaired) electrons. The number of aryl methyl sites for hydroxylation is 1. The summed E-state index contributed by atoms with van der Waals surface area (Å²) in [6, 6.07) is 6.31. The summed E-state index contributed by atoms with van der Waals surface area (Å²) in [6.07, 6.45) is 1.30. The number of nitrogens with zero attached hydrogens (tertiary/aromatic N) is 4. The van der Waals surface area contributed by atoms with Crippen molar-refractivity contribution in [3.05, 3.63) is 61.3 Å². The Morgan fingerprint density at radius 1 is 1.24 bits per heavy atom. The summed E-state index contributed by atoms with van der Waals surface area (Å²) >= 11 is 7.32. The number of carboxylic acids is 1. The quantitative estimate of drug-likeness (QED) is 0.310. The molecule has 8 nitrogen and oxygen atoms in total. The molecular weight excluding hydrogens is 471 g/mol. The predicted molar refractivity (Wildman–Crippen MR) is 127 cm³/mol. The van der Waals surface area contributed by atoms with E-state index in [0.717, 1.165) is 10.9 Å². The maximum Gasteiger partial charge on any atom is 0.341 e. The highest BCUT2D eigenvalue weighted by molar-refractivity contribution is 7.18. The first-order valence-electron chi connectivity index (χ1n) is 10.4. The fourth-order valence-corrected chi connectivity index (χ4v) is 5.06. The third-order valence-corrected chi connectivity index (χ3v) is 7.06. The third kappa shape index (κ3) is 4.59. The van der Waals surface area contributed by atoms with E-state index in [9.17, 15) is 19.9 Å². The molecule has 0 unspecified atom stereocenters. The van der Waals surface area contributed by atoms with Crippen LogP contribution in [0.15, 0.2) is 40.4 Å². The lowest BCUT2D eigenvalue weighted by molar-refractivity contribution is 0.0695. The van der Waals surface area contributed by atoms with Crippen LogP contribution in [-0.2, 0) is 6.54 Å². The average molecular weight is 493 g/mol. The fourth-order valence-electron chi connectivity index (χ4n) is 4.04. The number of benzene rings is 1. The molecule has 0 bridgehead atoms. The van der Waals surface area contributed by atoms with Gasteiger partial charge in [0, 0.05) is 50.9 Å². The standard InChI is InChI=1S/C22H22ClFN4O4S/c1-2-27-11-14(22(30)31)21(29)13-9-15(24)18(10-17(13)27)28-7-5-26(6-8-28)12-16(25-32)19-3-4-20(23)33-19/h3-4,9-11,32H,2,5-8,12H2,1H3,(H,30,31)/b25-16-. The normalized spacial score (nSPS) is 15.4. The van der Waals surface area contributed by atoms with Crippen LogP contribution in [0, 0.1) is 5.82 Å². The Kier molecular flexibility index (Phi) is 6.68. The van der Waals surface area contributed by atoms with Gasteiger partial charge in [-0.15, -0.1) is 11.3 Å². The first-order valence-corrected chi connectivity index (χ1v) is 11.6. The minimum Gasteiger partial charge on any atom is -0.477 e. The van der Waals surface area contributed by atoms with E-state index in [2.05, 4.69) is 10.1 Å². The van der Waals surface area contributed by atoms with E-state index in [4.69, 9.17) is 11.6 Å². The average Bonchev–Trinajstić information content (AvgIpc) is 3.24. The molecule has 11 heteroatoms. The van der Waals surface area contributed by atoms with E-state index in [0.29, 0.717) is 60.5 Å². The zero-order valence-corrected chi connectivity index (χ0v) is 19.4. The first-order chi connectivity index (χ1) is 15.8. The molecule has 1 fully saturated rings. The van der Waals surface area contributed by atoms with E-state index in [1.165, 1.54) is 17.5 Å². The molecule has 1 aliphatic heterocycles. The van der Waals surface area contributed by atoms with E-state index in [1.807, 2.05) is 17.9 Å². The maximum atomic E-state index is 15.0. The lowest BCUT2D eigenvalue weighted by Crippen LogP contribution is -2.48. The highest BCUT2D eigenvalue weighted by atomic mass is 35.5. The largest absolute Gasteiger partial charge is 0.477 e. The minimum atomic E-state index is -1.33. The maximum absolute atomic E-state index is 15.0. The number of fused-ring (bicyclic) bond motifs is 1. The minimum absolute atomic E-state index is 0.0510. The number of hydrogen-bond donors (Lipinski definition) is 2. The van der Waals surface area contributed by atoms with Crippen LogP contribution in [0.5, 0.6) is 0 Å². The molecule has 1 aromatic carbocycles. The summed E-state index contributed by atoms with van der Waals surface area (Å²) in [6.45, 7) is 5.02. The van der Waals surface area contributed by atoms with Gasteiger partial charge in [-0.3, -0.25) is 9.69 Å². The number of hydrogen-bond acceptors (Lipinski definition) is 7. The fraction of sp³-hybridized carbons (Fsp3) is 0.318. The highest BCUT2D eigenvalue weighted by Crippen LogP contribution is 2.27. The summed E-state index contributed by atoms with van der Waals surface area (Å²) in [7, 11) is 0. The summed E-state index contributed by atoms with van der Waals surface area (Å²) < 4.78 is 17.3.